The summed E-state index contributed by atoms with van der Waals surface area (Å²) in [5, 5.41) is 7.53. The van der Waals surface area contributed by atoms with Gasteiger partial charge in [0.2, 0.25) is 0 Å². The second-order valence-electron chi connectivity index (χ2n) is 6.34. The molecular formula is C22H18ClN3O3. The van der Waals surface area contributed by atoms with Crippen LogP contribution in [0.2, 0.25) is 5.02 Å². The molecule has 6 nitrogen and oxygen atoms in total. The third-order valence-electron chi connectivity index (χ3n) is 4.21. The number of hydrogen-bond acceptors (Lipinski definition) is 4. The maximum atomic E-state index is 12.4. The first-order valence-electron chi connectivity index (χ1n) is 9.01. The van der Waals surface area contributed by atoms with Crippen LogP contribution in [0.1, 0.15) is 21.9 Å². The normalized spacial score (nSPS) is 10.7. The fourth-order valence-electron chi connectivity index (χ4n) is 2.76. The third-order valence-corrected chi connectivity index (χ3v) is 4.52. The Morgan fingerprint density at radius 2 is 1.90 bits per heavy atom. The zero-order chi connectivity index (χ0) is 20.1. The highest BCUT2D eigenvalue weighted by Gasteiger charge is 2.12. The van der Waals surface area contributed by atoms with Crippen molar-refractivity contribution in [1.29, 1.82) is 0 Å². The maximum absolute atomic E-state index is 12.4. The van der Waals surface area contributed by atoms with Crippen LogP contribution in [-0.2, 0) is 13.2 Å². The molecular weight excluding hydrogens is 390 g/mol. The van der Waals surface area contributed by atoms with E-state index in [1.807, 2.05) is 53.3 Å². The van der Waals surface area contributed by atoms with Gasteiger partial charge in [0.25, 0.3) is 5.91 Å². The van der Waals surface area contributed by atoms with Crippen LogP contribution in [0.15, 0.2) is 83.5 Å². The summed E-state index contributed by atoms with van der Waals surface area (Å²) in [5.74, 6) is 0.980. The van der Waals surface area contributed by atoms with Gasteiger partial charge in [0.15, 0.2) is 5.76 Å². The number of furan rings is 1. The highest BCUT2D eigenvalue weighted by Crippen LogP contribution is 2.24. The largest absolute Gasteiger partial charge is 0.484 e. The minimum atomic E-state index is -0.325. The van der Waals surface area contributed by atoms with Crippen molar-refractivity contribution in [2.45, 2.75) is 13.2 Å². The van der Waals surface area contributed by atoms with Gasteiger partial charge in [-0.05, 0) is 48.0 Å². The number of anilines is 1. The quantitative estimate of drug-likeness (QED) is 0.467. The molecule has 0 aliphatic rings. The first-order valence-corrected chi connectivity index (χ1v) is 9.39. The molecule has 0 aliphatic carbocycles. The molecule has 4 rings (SSSR count). The predicted octanol–water partition coefficient (Wildman–Crippen LogP) is 5.01. The predicted molar refractivity (Wildman–Crippen MR) is 110 cm³/mol. The van der Waals surface area contributed by atoms with E-state index in [1.165, 1.54) is 0 Å². The Kier molecular flexibility index (Phi) is 5.63. The summed E-state index contributed by atoms with van der Waals surface area (Å²) in [6, 6.07) is 20.0. The number of aromatic nitrogens is 2. The van der Waals surface area contributed by atoms with E-state index in [9.17, 15) is 4.79 Å². The van der Waals surface area contributed by atoms with Crippen LogP contribution in [-0.4, -0.2) is 15.7 Å². The molecule has 0 atom stereocenters. The van der Waals surface area contributed by atoms with Crippen LogP contribution in [0.3, 0.4) is 0 Å². The molecule has 0 spiro atoms. The monoisotopic (exact) mass is 407 g/mol. The van der Waals surface area contributed by atoms with Gasteiger partial charge in [-0.3, -0.25) is 9.48 Å². The smallest absolute Gasteiger partial charge is 0.291 e. The summed E-state index contributed by atoms with van der Waals surface area (Å²) < 4.78 is 13.0. The van der Waals surface area contributed by atoms with Crippen LogP contribution in [0.5, 0.6) is 5.75 Å². The first-order chi connectivity index (χ1) is 14.2. The van der Waals surface area contributed by atoms with Gasteiger partial charge < -0.3 is 14.5 Å². The lowest BCUT2D eigenvalue weighted by molar-refractivity contribution is 0.0992. The Morgan fingerprint density at radius 3 is 2.66 bits per heavy atom. The number of carbonyl (C=O) groups excluding carboxylic acids is 1. The third kappa shape index (κ3) is 4.86. The Morgan fingerprint density at radius 1 is 1.07 bits per heavy atom. The SMILES string of the molecule is O=C(Nc1ccc(Cn2cccn2)cc1)c1ccc(COc2ccccc2Cl)o1. The molecule has 0 saturated carbocycles. The van der Waals surface area contributed by atoms with Gasteiger partial charge in [0, 0.05) is 18.1 Å². The van der Waals surface area contributed by atoms with Gasteiger partial charge in [-0.1, -0.05) is 35.9 Å². The van der Waals surface area contributed by atoms with Crippen LogP contribution in [0, 0.1) is 0 Å². The number of hydrogen-bond donors (Lipinski definition) is 1. The van der Waals surface area contributed by atoms with E-state index < -0.39 is 0 Å². The molecule has 2 aromatic heterocycles. The Balaban J connectivity index is 1.33. The number of nitrogens with zero attached hydrogens (tertiary/aromatic N) is 2. The molecule has 7 heteroatoms. The number of rotatable bonds is 7. The molecule has 0 aliphatic heterocycles. The van der Waals surface area contributed by atoms with Crippen molar-refractivity contribution < 1.29 is 13.9 Å². The molecule has 146 valence electrons. The summed E-state index contributed by atoms with van der Waals surface area (Å²) in [6.45, 7) is 0.855. The van der Waals surface area contributed by atoms with Crippen LogP contribution >= 0.6 is 11.6 Å². The zero-order valence-electron chi connectivity index (χ0n) is 15.4. The number of carbonyl (C=O) groups is 1. The van der Waals surface area contributed by atoms with Crippen LogP contribution in [0.25, 0.3) is 0 Å². The second-order valence-corrected chi connectivity index (χ2v) is 6.75. The van der Waals surface area contributed by atoms with Gasteiger partial charge >= 0.3 is 0 Å². The van der Waals surface area contributed by atoms with Crippen LogP contribution < -0.4 is 10.1 Å². The van der Waals surface area contributed by atoms with Crippen molar-refractivity contribution >= 4 is 23.2 Å². The summed E-state index contributed by atoms with van der Waals surface area (Å²) in [5.41, 5.74) is 1.77. The molecule has 0 fully saturated rings. The second kappa shape index (κ2) is 8.67. The van der Waals surface area contributed by atoms with E-state index >= 15 is 0 Å². The summed E-state index contributed by atoms with van der Waals surface area (Å²) >= 11 is 6.06. The number of nitrogens with one attached hydrogen (secondary N) is 1. The van der Waals surface area contributed by atoms with Gasteiger partial charge in [-0.15, -0.1) is 0 Å². The molecule has 0 bridgehead atoms. The number of halogens is 1. The van der Waals surface area contributed by atoms with Crippen molar-refractivity contribution in [3.8, 4) is 5.75 Å². The Hall–Kier alpha value is -3.51. The van der Waals surface area contributed by atoms with E-state index in [0.717, 1.165) is 5.56 Å². The summed E-state index contributed by atoms with van der Waals surface area (Å²) in [7, 11) is 0. The van der Waals surface area contributed by atoms with Crippen molar-refractivity contribution in [1.82, 2.24) is 9.78 Å². The molecule has 0 radical (unpaired) electrons. The van der Waals surface area contributed by atoms with E-state index in [0.29, 0.717) is 28.8 Å². The van der Waals surface area contributed by atoms with Gasteiger partial charge in [0.05, 0.1) is 11.6 Å². The average molecular weight is 408 g/mol. The van der Waals surface area contributed by atoms with Crippen molar-refractivity contribution in [3.63, 3.8) is 0 Å². The summed E-state index contributed by atoms with van der Waals surface area (Å²) in [4.78, 5) is 12.4. The van der Waals surface area contributed by atoms with E-state index in [2.05, 4.69) is 10.4 Å². The van der Waals surface area contributed by atoms with Gasteiger partial charge in [-0.2, -0.15) is 5.10 Å². The number of amides is 1. The van der Waals surface area contributed by atoms with E-state index in [1.54, 1.807) is 30.5 Å². The fourth-order valence-corrected chi connectivity index (χ4v) is 2.95. The number of ether oxygens (including phenoxy) is 1. The summed E-state index contributed by atoms with van der Waals surface area (Å²) in [6.07, 6.45) is 3.64. The lowest BCUT2D eigenvalue weighted by atomic mass is 10.2. The lowest BCUT2D eigenvalue weighted by Gasteiger charge is -2.06. The maximum Gasteiger partial charge on any atom is 0.291 e. The van der Waals surface area contributed by atoms with Crippen LogP contribution in [0.4, 0.5) is 5.69 Å². The molecule has 4 aromatic rings. The molecule has 29 heavy (non-hydrogen) atoms. The standard InChI is InChI=1S/C22H18ClN3O3/c23-19-4-1-2-5-20(19)28-15-18-10-11-21(29-18)22(27)25-17-8-6-16(7-9-17)14-26-13-3-12-24-26/h1-13H,14-15H2,(H,25,27). The molecule has 0 unspecified atom stereocenters. The minimum Gasteiger partial charge on any atom is -0.484 e. The van der Waals surface area contributed by atoms with Gasteiger partial charge in [-0.25, -0.2) is 0 Å². The van der Waals surface area contributed by atoms with Gasteiger partial charge in [0.1, 0.15) is 18.1 Å². The topological polar surface area (TPSA) is 69.3 Å². The lowest BCUT2D eigenvalue weighted by Crippen LogP contribution is -2.11. The molecule has 2 heterocycles. The first kappa shape index (κ1) is 18.8. The molecule has 0 saturated heterocycles. The fraction of sp³-hybridized carbons (Fsp3) is 0.0909. The van der Waals surface area contributed by atoms with Crippen molar-refractivity contribution in [2.75, 3.05) is 5.32 Å². The van der Waals surface area contributed by atoms with E-state index in [-0.39, 0.29) is 18.3 Å². The molecule has 1 N–H and O–H groups in total. The highest BCUT2D eigenvalue weighted by atomic mass is 35.5. The molecule has 2 aromatic carbocycles. The van der Waals surface area contributed by atoms with Crippen molar-refractivity contribution in [2.24, 2.45) is 0 Å². The van der Waals surface area contributed by atoms with E-state index in [4.69, 9.17) is 20.8 Å². The number of benzene rings is 2. The number of para-hydroxylation sites is 1. The average Bonchev–Trinajstić information content (AvgIpc) is 3.41. The Bertz CT molecular complexity index is 1090. The highest BCUT2D eigenvalue weighted by molar-refractivity contribution is 6.32. The minimum absolute atomic E-state index is 0.180. The Labute approximate surface area is 172 Å². The zero-order valence-corrected chi connectivity index (χ0v) is 16.2. The van der Waals surface area contributed by atoms with Crippen molar-refractivity contribution in [3.05, 3.63) is 101 Å². The molecule has 1 amide bonds.